The molecule has 46 heavy (non-hydrogen) atoms. The van der Waals surface area contributed by atoms with Crippen LogP contribution >= 0.6 is 0 Å². The molecule has 0 amide bonds. The van der Waals surface area contributed by atoms with E-state index in [1.165, 1.54) is 22.3 Å². The highest BCUT2D eigenvalue weighted by Crippen LogP contribution is 2.50. The molecule has 0 unspecified atom stereocenters. The van der Waals surface area contributed by atoms with Crippen molar-refractivity contribution in [2.45, 2.75) is 25.7 Å². The average Bonchev–Trinajstić information content (AvgIpc) is 3.42. The third kappa shape index (κ3) is 4.07. The van der Waals surface area contributed by atoms with Crippen molar-refractivity contribution in [3.63, 3.8) is 0 Å². The maximum atomic E-state index is 9.34. The van der Waals surface area contributed by atoms with Crippen molar-refractivity contribution < 1.29 is 11.0 Å². The van der Waals surface area contributed by atoms with Gasteiger partial charge in [-0.15, -0.1) is 0 Å². The van der Waals surface area contributed by atoms with Crippen LogP contribution in [0, 0.1) is 0 Å². The quantitative estimate of drug-likeness (QED) is 0.178. The first-order valence-corrected chi connectivity index (χ1v) is 15.7. The third-order valence-corrected chi connectivity index (χ3v) is 9.79. The number of hydrogen-bond donors (Lipinski definition) is 0. The van der Waals surface area contributed by atoms with Gasteiger partial charge in [-0.05, 0) is 107 Å². The molecular formula is C46H34. The molecule has 0 nitrogen and oxygen atoms in total. The van der Waals surface area contributed by atoms with Gasteiger partial charge in [-0.25, -0.2) is 0 Å². The van der Waals surface area contributed by atoms with E-state index < -0.39 is 24.2 Å². The first kappa shape index (κ1) is 19.8. The van der Waals surface area contributed by atoms with Gasteiger partial charge in [0.05, 0.1) is 11.0 Å². The number of fused-ring (bicyclic) bond motifs is 6. The van der Waals surface area contributed by atoms with Crippen molar-refractivity contribution in [1.29, 1.82) is 0 Å². The van der Waals surface area contributed by atoms with E-state index in [1.807, 2.05) is 66.7 Å². The summed E-state index contributed by atoms with van der Waals surface area (Å²) in [7, 11) is 0. The van der Waals surface area contributed by atoms with Crippen LogP contribution in [0.3, 0.4) is 0 Å². The molecule has 0 heteroatoms. The molecular weight excluding hydrogens is 553 g/mol. The van der Waals surface area contributed by atoms with E-state index in [2.05, 4.69) is 56.3 Å². The number of rotatable bonds is 4. The summed E-state index contributed by atoms with van der Waals surface area (Å²) in [6, 6.07) is 33.9. The second kappa shape index (κ2) is 10.3. The third-order valence-electron chi connectivity index (χ3n) is 9.79. The van der Waals surface area contributed by atoms with Crippen molar-refractivity contribution in [2.24, 2.45) is 0 Å². The zero-order chi connectivity index (χ0) is 37.8. The fourth-order valence-electron chi connectivity index (χ4n) is 7.54. The van der Waals surface area contributed by atoms with Crippen LogP contribution in [-0.4, -0.2) is 0 Å². The van der Waals surface area contributed by atoms with E-state index in [9.17, 15) is 5.48 Å². The lowest BCUT2D eigenvalue weighted by atomic mass is 9.81. The minimum atomic E-state index is -0.401. The maximum absolute atomic E-state index is 9.34. The van der Waals surface area contributed by atoms with Crippen LogP contribution < -0.4 is 0 Å². The minimum absolute atomic E-state index is 0.187. The van der Waals surface area contributed by atoms with Gasteiger partial charge >= 0.3 is 0 Å². The fourth-order valence-corrected chi connectivity index (χ4v) is 7.54. The first-order valence-electron chi connectivity index (χ1n) is 19.7. The molecule has 1 aliphatic rings. The van der Waals surface area contributed by atoms with Crippen LogP contribution in [0.1, 0.15) is 47.1 Å². The molecule has 0 heterocycles. The van der Waals surface area contributed by atoms with E-state index in [0.717, 1.165) is 27.5 Å². The molecule has 0 N–H and O–H groups in total. The molecule has 0 saturated carbocycles. The molecule has 0 fully saturated rings. The summed E-state index contributed by atoms with van der Waals surface area (Å²) in [5.74, 6) is 0. The van der Waals surface area contributed by atoms with Gasteiger partial charge in [0.15, 0.2) is 0 Å². The molecule has 0 radical (unpaired) electrons. The number of hydrogen-bond acceptors (Lipinski definition) is 0. The highest BCUT2D eigenvalue weighted by molar-refractivity contribution is 6.15. The zero-order valence-corrected chi connectivity index (χ0v) is 25.6. The van der Waals surface area contributed by atoms with Gasteiger partial charge in [-0.3, -0.25) is 0 Å². The Labute approximate surface area is 281 Å². The fraction of sp³-hybridized carbons (Fsp3) is 0.0870. The lowest BCUT2D eigenvalue weighted by Crippen LogP contribution is -2.14. The van der Waals surface area contributed by atoms with Crippen molar-refractivity contribution in [2.75, 3.05) is 0 Å². The van der Waals surface area contributed by atoms with Gasteiger partial charge < -0.3 is 0 Å². The molecule has 0 aromatic heterocycles. The summed E-state index contributed by atoms with van der Waals surface area (Å²) < 4.78 is 72.4. The Balaban J connectivity index is 1.37. The van der Waals surface area contributed by atoms with Crippen LogP contribution in [0.5, 0.6) is 0 Å². The van der Waals surface area contributed by atoms with Crippen LogP contribution in [0.2, 0.25) is 0 Å². The standard InChI is InChI=1S/C46H34/c1-46(2)43-24-10-9-21-38(43)39-26-25-32(29-44(39)46)31-15-12-17-34(27-31)45-40-22-7-5-19-36(40)42(37-20-6-8-23-41(37)45)28-33-16-11-14-30-13-3-4-18-35(30)33/h3-27,29H,28H2,1-2H3/i5D,6D,7D,8D,19D,20D,22D,23D. The van der Waals surface area contributed by atoms with Crippen molar-refractivity contribution in [1.82, 2.24) is 0 Å². The predicted molar refractivity (Wildman–Crippen MR) is 197 cm³/mol. The minimum Gasteiger partial charge on any atom is -0.0619 e. The lowest BCUT2D eigenvalue weighted by molar-refractivity contribution is 0.660. The maximum Gasteiger partial charge on any atom is 0.0629 e. The van der Waals surface area contributed by atoms with Gasteiger partial charge in [0, 0.05) is 5.41 Å². The molecule has 8 aromatic carbocycles. The summed E-state index contributed by atoms with van der Waals surface area (Å²) in [6.07, 6.45) is 0.187. The zero-order valence-electron chi connectivity index (χ0n) is 33.6. The van der Waals surface area contributed by atoms with Crippen LogP contribution in [0.25, 0.3) is 65.7 Å². The summed E-state index contributed by atoms with van der Waals surface area (Å²) in [4.78, 5) is 0. The van der Waals surface area contributed by atoms with E-state index in [0.29, 0.717) is 16.7 Å². The van der Waals surface area contributed by atoms with E-state index in [4.69, 9.17) is 5.48 Å². The Morgan fingerprint density at radius 3 is 1.91 bits per heavy atom. The summed E-state index contributed by atoms with van der Waals surface area (Å²) in [5.41, 5.74) is 8.82. The van der Waals surface area contributed by atoms with E-state index in [-0.39, 0.29) is 57.6 Å². The van der Waals surface area contributed by atoms with Gasteiger partial charge in [-0.2, -0.15) is 0 Å². The normalized spacial score (nSPS) is 15.7. The average molecular weight is 595 g/mol. The van der Waals surface area contributed by atoms with E-state index >= 15 is 0 Å². The molecule has 0 saturated heterocycles. The summed E-state index contributed by atoms with van der Waals surface area (Å²) >= 11 is 0. The molecule has 0 aliphatic heterocycles. The largest absolute Gasteiger partial charge is 0.0629 e. The van der Waals surface area contributed by atoms with Crippen LogP contribution in [0.15, 0.2) is 158 Å². The molecule has 9 rings (SSSR count). The van der Waals surface area contributed by atoms with Crippen molar-refractivity contribution in [3.05, 3.63) is 180 Å². The monoisotopic (exact) mass is 594 g/mol. The number of benzene rings is 8. The van der Waals surface area contributed by atoms with Gasteiger partial charge in [0.1, 0.15) is 0 Å². The van der Waals surface area contributed by atoms with Crippen molar-refractivity contribution >= 4 is 32.3 Å². The summed E-state index contributed by atoms with van der Waals surface area (Å²) in [6.45, 7) is 4.47. The lowest BCUT2D eigenvalue weighted by Gasteiger charge is -2.22. The smallest absolute Gasteiger partial charge is 0.0619 e. The molecule has 0 atom stereocenters. The highest BCUT2D eigenvalue weighted by atomic mass is 14.4. The van der Waals surface area contributed by atoms with E-state index in [1.54, 1.807) is 0 Å². The van der Waals surface area contributed by atoms with Gasteiger partial charge in [0.25, 0.3) is 0 Å². The van der Waals surface area contributed by atoms with Crippen LogP contribution in [0.4, 0.5) is 0 Å². The molecule has 0 bridgehead atoms. The first-order chi connectivity index (χ1) is 25.9. The summed E-state index contributed by atoms with van der Waals surface area (Å²) in [5, 5.41) is 2.93. The topological polar surface area (TPSA) is 0 Å². The molecule has 0 spiro atoms. The van der Waals surface area contributed by atoms with Gasteiger partial charge in [-0.1, -0.05) is 159 Å². The Kier molecular flexibility index (Phi) is 4.44. The highest BCUT2D eigenvalue weighted by Gasteiger charge is 2.35. The Bertz CT molecular complexity index is 2840. The Morgan fingerprint density at radius 2 is 1.11 bits per heavy atom. The Hall–Kier alpha value is -5.46. The predicted octanol–water partition coefficient (Wildman–Crippen LogP) is 12.4. The van der Waals surface area contributed by atoms with Gasteiger partial charge in [0.2, 0.25) is 0 Å². The molecule has 8 aromatic rings. The van der Waals surface area contributed by atoms with Crippen LogP contribution in [-0.2, 0) is 11.8 Å². The Morgan fingerprint density at radius 1 is 0.500 bits per heavy atom. The second-order valence-corrected chi connectivity index (χ2v) is 12.7. The molecule has 1 aliphatic carbocycles. The second-order valence-electron chi connectivity index (χ2n) is 12.7. The SMILES string of the molecule is [2H]c1c([2H])c([2H])c2c(-c3cccc(-c4ccc5c(c4)C(C)(C)c4ccccc4-5)c3)c3c([2H])c([2H])c([2H])c([2H])c3c(Cc3cccc4ccccc34)c2c1[2H]. The molecule has 218 valence electrons. The van der Waals surface area contributed by atoms with Crippen molar-refractivity contribution in [3.8, 4) is 33.4 Å².